The van der Waals surface area contributed by atoms with Gasteiger partial charge in [-0.3, -0.25) is 0 Å². The van der Waals surface area contributed by atoms with E-state index in [4.69, 9.17) is 0 Å². The average molecular weight is 423 g/mol. The fraction of sp³-hybridized carbons (Fsp3) is 0.0769. The van der Waals surface area contributed by atoms with Gasteiger partial charge in [-0.05, 0) is 39.7 Å². The van der Waals surface area contributed by atoms with Crippen molar-refractivity contribution in [3.63, 3.8) is 0 Å². The number of rotatable bonds is 2. The number of halogens is 4. The first kappa shape index (κ1) is 13.2. The maximum absolute atomic E-state index is 13.9. The van der Waals surface area contributed by atoms with Gasteiger partial charge in [-0.1, -0.05) is 56.1 Å². The van der Waals surface area contributed by atoms with Gasteiger partial charge >= 0.3 is 0 Å². The minimum absolute atomic E-state index is 0.145. The lowest BCUT2D eigenvalue weighted by molar-refractivity contribution is 0.607. The summed E-state index contributed by atoms with van der Waals surface area (Å²) in [6, 6.07) is 13.1. The molecule has 0 fully saturated rings. The predicted octanol–water partition coefficient (Wildman–Crippen LogP) is 5.84. The van der Waals surface area contributed by atoms with Crippen LogP contribution in [0.3, 0.4) is 0 Å². The van der Waals surface area contributed by atoms with Crippen LogP contribution in [0.15, 0.2) is 51.4 Å². The molecule has 0 aliphatic heterocycles. The zero-order valence-electron chi connectivity index (χ0n) is 8.63. The lowest BCUT2D eigenvalue weighted by Gasteiger charge is -2.12. The van der Waals surface area contributed by atoms with Gasteiger partial charge in [-0.15, -0.1) is 0 Å². The molecule has 0 spiro atoms. The second-order valence-corrected chi connectivity index (χ2v) is 6.24. The molecule has 0 aromatic heterocycles. The standard InChI is InChI=1S/C13H8Br3F/c14-9-6-4-8(5-7-9)12(16)10-2-1-3-11(15)13(10)17/h1-7,12H. The lowest BCUT2D eigenvalue weighted by Crippen LogP contribution is -1.97. The Labute approximate surface area is 125 Å². The third kappa shape index (κ3) is 2.98. The fourth-order valence-corrected chi connectivity index (χ4v) is 2.83. The topological polar surface area (TPSA) is 0 Å². The summed E-state index contributed by atoms with van der Waals surface area (Å²) in [5, 5.41) is 0. The SMILES string of the molecule is Fc1c(Br)cccc1C(Br)c1ccc(Br)cc1. The third-order valence-electron chi connectivity index (χ3n) is 2.42. The van der Waals surface area contributed by atoms with Gasteiger partial charge in [0.2, 0.25) is 0 Å². The molecular formula is C13H8Br3F. The van der Waals surface area contributed by atoms with Crippen molar-refractivity contribution in [2.24, 2.45) is 0 Å². The maximum Gasteiger partial charge on any atom is 0.142 e. The smallest absolute Gasteiger partial charge is 0.142 e. The number of alkyl halides is 1. The van der Waals surface area contributed by atoms with E-state index < -0.39 is 0 Å². The summed E-state index contributed by atoms with van der Waals surface area (Å²) in [5.74, 6) is -0.225. The minimum Gasteiger partial charge on any atom is -0.205 e. The van der Waals surface area contributed by atoms with Gasteiger partial charge in [-0.2, -0.15) is 0 Å². The summed E-state index contributed by atoms with van der Waals surface area (Å²) in [7, 11) is 0. The summed E-state index contributed by atoms with van der Waals surface area (Å²) in [5.41, 5.74) is 1.65. The number of benzene rings is 2. The molecule has 0 radical (unpaired) electrons. The predicted molar refractivity (Wildman–Crippen MR) is 79.0 cm³/mol. The van der Waals surface area contributed by atoms with Crippen LogP contribution in [0, 0.1) is 5.82 Å². The van der Waals surface area contributed by atoms with Crippen LogP contribution < -0.4 is 0 Å². The summed E-state index contributed by atoms with van der Waals surface area (Å²) < 4.78 is 15.4. The van der Waals surface area contributed by atoms with Crippen molar-refractivity contribution in [1.29, 1.82) is 0 Å². The van der Waals surface area contributed by atoms with Crippen LogP contribution in [0.1, 0.15) is 16.0 Å². The summed E-state index contributed by atoms with van der Waals surface area (Å²) in [4.78, 5) is -0.145. The van der Waals surface area contributed by atoms with Gasteiger partial charge in [0.25, 0.3) is 0 Å². The highest BCUT2D eigenvalue weighted by molar-refractivity contribution is 9.10. The van der Waals surface area contributed by atoms with Crippen molar-refractivity contribution in [2.45, 2.75) is 4.83 Å². The molecule has 0 aliphatic carbocycles. The van der Waals surface area contributed by atoms with Crippen LogP contribution in [0.2, 0.25) is 0 Å². The van der Waals surface area contributed by atoms with Crippen LogP contribution in [0.25, 0.3) is 0 Å². The van der Waals surface area contributed by atoms with E-state index >= 15 is 0 Å². The van der Waals surface area contributed by atoms with Gasteiger partial charge in [0, 0.05) is 10.0 Å². The van der Waals surface area contributed by atoms with E-state index in [9.17, 15) is 4.39 Å². The Hall–Kier alpha value is -0.190. The monoisotopic (exact) mass is 420 g/mol. The molecule has 0 nitrogen and oxygen atoms in total. The number of hydrogen-bond donors (Lipinski definition) is 0. The molecule has 1 atom stereocenters. The zero-order chi connectivity index (χ0) is 12.4. The molecule has 1 unspecified atom stereocenters. The molecule has 2 aromatic carbocycles. The molecule has 0 saturated carbocycles. The van der Waals surface area contributed by atoms with Gasteiger partial charge < -0.3 is 0 Å². The Bertz CT molecular complexity index is 523. The maximum atomic E-state index is 13.9. The van der Waals surface area contributed by atoms with Crippen LogP contribution in [-0.4, -0.2) is 0 Å². The molecule has 0 N–H and O–H groups in total. The molecule has 0 aliphatic rings. The highest BCUT2D eigenvalue weighted by Gasteiger charge is 2.16. The average Bonchev–Trinajstić information content (AvgIpc) is 2.33. The van der Waals surface area contributed by atoms with Crippen LogP contribution >= 0.6 is 47.8 Å². The normalized spacial score (nSPS) is 12.5. The van der Waals surface area contributed by atoms with Crippen molar-refractivity contribution >= 4 is 47.8 Å². The first-order valence-corrected chi connectivity index (χ1v) is 7.43. The summed E-state index contributed by atoms with van der Waals surface area (Å²) in [6.45, 7) is 0. The lowest BCUT2D eigenvalue weighted by atomic mass is 10.0. The van der Waals surface area contributed by atoms with E-state index in [0.29, 0.717) is 10.0 Å². The molecular weight excluding hydrogens is 415 g/mol. The van der Waals surface area contributed by atoms with Crippen molar-refractivity contribution in [1.82, 2.24) is 0 Å². The van der Waals surface area contributed by atoms with Crippen molar-refractivity contribution in [3.8, 4) is 0 Å². The quantitative estimate of drug-likeness (QED) is 0.534. The second-order valence-electron chi connectivity index (χ2n) is 3.56. The molecule has 0 saturated heterocycles. The molecule has 2 rings (SSSR count). The first-order chi connectivity index (χ1) is 8.09. The van der Waals surface area contributed by atoms with Gasteiger partial charge in [-0.25, -0.2) is 4.39 Å². The first-order valence-electron chi connectivity index (χ1n) is 4.93. The van der Waals surface area contributed by atoms with Crippen molar-refractivity contribution in [2.75, 3.05) is 0 Å². The van der Waals surface area contributed by atoms with Gasteiger partial charge in [0.1, 0.15) is 5.82 Å². The minimum atomic E-state index is -0.225. The zero-order valence-corrected chi connectivity index (χ0v) is 13.4. The van der Waals surface area contributed by atoms with Crippen molar-refractivity contribution < 1.29 is 4.39 Å². The van der Waals surface area contributed by atoms with Crippen LogP contribution in [0.5, 0.6) is 0 Å². The Kier molecular flexibility index (Phi) is 4.39. The summed E-state index contributed by atoms with van der Waals surface area (Å²) >= 11 is 10.1. The van der Waals surface area contributed by atoms with Crippen LogP contribution in [-0.2, 0) is 0 Å². The van der Waals surface area contributed by atoms with E-state index in [-0.39, 0.29) is 10.6 Å². The molecule has 0 heterocycles. The van der Waals surface area contributed by atoms with Gasteiger partial charge in [0.15, 0.2) is 0 Å². The van der Waals surface area contributed by atoms with E-state index in [1.54, 1.807) is 12.1 Å². The summed E-state index contributed by atoms with van der Waals surface area (Å²) in [6.07, 6.45) is 0. The molecule has 0 bridgehead atoms. The van der Waals surface area contributed by atoms with Gasteiger partial charge in [0.05, 0.1) is 9.30 Å². The Balaban J connectivity index is 2.40. The fourth-order valence-electron chi connectivity index (χ4n) is 1.53. The third-order valence-corrected chi connectivity index (χ3v) is 4.58. The Morgan fingerprint density at radius 2 is 1.59 bits per heavy atom. The molecule has 17 heavy (non-hydrogen) atoms. The number of hydrogen-bond acceptors (Lipinski definition) is 0. The Morgan fingerprint density at radius 1 is 0.941 bits per heavy atom. The molecule has 0 amide bonds. The van der Waals surface area contributed by atoms with Crippen LogP contribution in [0.4, 0.5) is 4.39 Å². The largest absolute Gasteiger partial charge is 0.205 e. The highest BCUT2D eigenvalue weighted by Crippen LogP contribution is 2.34. The highest BCUT2D eigenvalue weighted by atomic mass is 79.9. The Morgan fingerprint density at radius 3 is 2.24 bits per heavy atom. The molecule has 88 valence electrons. The molecule has 4 heteroatoms. The van der Waals surface area contributed by atoms with E-state index in [1.807, 2.05) is 30.3 Å². The van der Waals surface area contributed by atoms with E-state index in [2.05, 4.69) is 47.8 Å². The van der Waals surface area contributed by atoms with Crippen molar-refractivity contribution in [3.05, 3.63) is 68.4 Å². The van der Waals surface area contributed by atoms with E-state index in [0.717, 1.165) is 10.0 Å². The second kappa shape index (κ2) is 5.63. The van der Waals surface area contributed by atoms with E-state index in [1.165, 1.54) is 0 Å². The molecule has 2 aromatic rings.